The third-order valence-corrected chi connectivity index (χ3v) is 7.61. The normalized spacial score (nSPS) is 35.6. The van der Waals surface area contributed by atoms with Crippen molar-refractivity contribution in [1.29, 1.82) is 0 Å². The van der Waals surface area contributed by atoms with Gasteiger partial charge in [0, 0.05) is 0 Å². The molecule has 0 aliphatic heterocycles. The van der Waals surface area contributed by atoms with Crippen LogP contribution in [0.5, 0.6) is 0 Å². The monoisotopic (exact) mass is 453 g/mol. The third kappa shape index (κ3) is 14.3. The lowest BCUT2D eigenvalue weighted by atomic mass is 9.75. The van der Waals surface area contributed by atoms with E-state index in [0.29, 0.717) is 0 Å². The molecule has 0 nitrogen and oxygen atoms in total. The minimum atomic E-state index is 1.04. The third-order valence-electron chi connectivity index (χ3n) is 7.61. The van der Waals surface area contributed by atoms with Crippen LogP contribution in [0.2, 0.25) is 0 Å². The van der Waals surface area contributed by atoms with E-state index in [9.17, 15) is 0 Å². The summed E-state index contributed by atoms with van der Waals surface area (Å²) >= 11 is 0. The van der Waals surface area contributed by atoms with E-state index in [-0.39, 0.29) is 0 Å². The van der Waals surface area contributed by atoms with E-state index >= 15 is 0 Å². The SMILES string of the molecule is CC1CC2CCC(C1)C2C.CC1CC2CCC(C1)C2C.CCC.CCC.CCC.CCC. The highest BCUT2D eigenvalue weighted by atomic mass is 14.4. The Morgan fingerprint density at radius 1 is 0.375 bits per heavy atom. The van der Waals surface area contributed by atoms with Gasteiger partial charge in [0.2, 0.25) is 0 Å². The van der Waals surface area contributed by atoms with Crippen LogP contribution in [0.3, 0.4) is 0 Å². The van der Waals surface area contributed by atoms with Gasteiger partial charge in [0.15, 0.2) is 0 Å². The molecular weight excluding hydrogens is 384 g/mol. The Hall–Kier alpha value is 0. The summed E-state index contributed by atoms with van der Waals surface area (Å²) in [5.74, 6) is 8.62. The van der Waals surface area contributed by atoms with Gasteiger partial charge in [0.05, 0.1) is 0 Å². The van der Waals surface area contributed by atoms with Gasteiger partial charge in [0.25, 0.3) is 0 Å². The molecule has 4 unspecified atom stereocenters. The zero-order valence-corrected chi connectivity index (χ0v) is 25.1. The minimum absolute atomic E-state index is 1.04. The lowest BCUT2D eigenvalue weighted by Gasteiger charge is -2.31. The fourth-order valence-corrected chi connectivity index (χ4v) is 6.27. The fourth-order valence-electron chi connectivity index (χ4n) is 6.27. The first-order valence-corrected chi connectivity index (χ1v) is 15.2. The van der Waals surface area contributed by atoms with Crippen molar-refractivity contribution in [2.24, 2.45) is 47.3 Å². The highest BCUT2D eigenvalue weighted by Gasteiger charge is 2.39. The largest absolute Gasteiger partial charge is 0.0656 e. The summed E-state index contributed by atoms with van der Waals surface area (Å²) in [5.41, 5.74) is 0. The quantitative estimate of drug-likeness (QED) is 0.342. The van der Waals surface area contributed by atoms with Crippen LogP contribution in [0.4, 0.5) is 0 Å². The molecule has 4 saturated carbocycles. The molecule has 4 aliphatic rings. The molecule has 0 amide bonds. The van der Waals surface area contributed by atoms with E-state index < -0.39 is 0 Å². The maximum Gasteiger partial charge on any atom is -0.0383 e. The average Bonchev–Trinajstić information content (AvgIpc) is 3.06. The lowest BCUT2D eigenvalue weighted by Crippen LogP contribution is -2.22. The Balaban J connectivity index is 0. The molecule has 4 bridgehead atoms. The number of hydrogen-bond acceptors (Lipinski definition) is 0. The van der Waals surface area contributed by atoms with Gasteiger partial charge in [-0.05, 0) is 98.7 Å². The lowest BCUT2D eigenvalue weighted by molar-refractivity contribution is 0.194. The Bertz CT molecular complexity index is 304. The second kappa shape index (κ2) is 21.5. The Labute approximate surface area is 207 Å². The zero-order chi connectivity index (χ0) is 25.1. The van der Waals surface area contributed by atoms with Crippen LogP contribution in [-0.4, -0.2) is 0 Å². The van der Waals surface area contributed by atoms with E-state index in [1.807, 2.05) is 0 Å². The van der Waals surface area contributed by atoms with Crippen molar-refractivity contribution in [3.8, 4) is 0 Å². The van der Waals surface area contributed by atoms with Crippen molar-refractivity contribution < 1.29 is 0 Å². The molecule has 0 radical (unpaired) electrons. The topological polar surface area (TPSA) is 0 Å². The summed E-state index contributed by atoms with van der Waals surface area (Å²) in [4.78, 5) is 0. The molecule has 0 N–H and O–H groups in total. The molecule has 4 atom stereocenters. The highest BCUT2D eigenvalue weighted by molar-refractivity contribution is 4.89. The Morgan fingerprint density at radius 3 is 0.688 bits per heavy atom. The van der Waals surface area contributed by atoms with Gasteiger partial charge in [-0.2, -0.15) is 0 Å². The smallest absolute Gasteiger partial charge is 0.0383 e. The van der Waals surface area contributed by atoms with E-state index in [0.717, 1.165) is 47.3 Å². The summed E-state index contributed by atoms with van der Waals surface area (Å²) in [7, 11) is 0. The van der Waals surface area contributed by atoms with Crippen molar-refractivity contribution in [2.75, 3.05) is 0 Å². The van der Waals surface area contributed by atoms with Crippen molar-refractivity contribution in [1.82, 2.24) is 0 Å². The molecule has 0 heterocycles. The maximum atomic E-state index is 2.47. The summed E-state index contributed by atoms with van der Waals surface area (Å²) in [5, 5.41) is 0. The summed E-state index contributed by atoms with van der Waals surface area (Å²) in [6.45, 7) is 26.8. The number of hydrogen-bond donors (Lipinski definition) is 0. The highest BCUT2D eigenvalue weighted by Crippen LogP contribution is 2.49. The molecule has 0 spiro atoms. The molecule has 4 rings (SSSR count). The van der Waals surface area contributed by atoms with Gasteiger partial charge in [-0.1, -0.05) is 109 Å². The van der Waals surface area contributed by atoms with Gasteiger partial charge >= 0.3 is 0 Å². The summed E-state index contributed by atoms with van der Waals surface area (Å²) in [6, 6.07) is 0. The van der Waals surface area contributed by atoms with E-state index in [1.165, 1.54) is 77.0 Å². The Kier molecular flexibility index (Phi) is 23.0. The average molecular weight is 453 g/mol. The standard InChI is InChI=1S/2C10H18.4C3H8/c2*1-7-5-9-3-4-10(6-7)8(9)2;4*1-3-2/h2*7-10H,3-6H2,1-2H3;4*3H2,1-2H3. The van der Waals surface area contributed by atoms with Gasteiger partial charge in [0.1, 0.15) is 0 Å². The molecule has 0 aromatic carbocycles. The first-order chi connectivity index (χ1) is 15.2. The molecule has 196 valence electrons. The van der Waals surface area contributed by atoms with Crippen LogP contribution in [0.1, 0.15) is 160 Å². The number of fused-ring (bicyclic) bond motifs is 4. The molecule has 4 aliphatic carbocycles. The summed E-state index contributed by atoms with van der Waals surface area (Å²) in [6.07, 6.45) is 17.3. The van der Waals surface area contributed by atoms with E-state index in [2.05, 4.69) is 83.1 Å². The van der Waals surface area contributed by atoms with Crippen molar-refractivity contribution >= 4 is 0 Å². The number of rotatable bonds is 0. The molecule has 32 heavy (non-hydrogen) atoms. The fraction of sp³-hybridized carbons (Fsp3) is 1.00. The van der Waals surface area contributed by atoms with Crippen molar-refractivity contribution in [2.45, 2.75) is 160 Å². The van der Waals surface area contributed by atoms with Crippen LogP contribution >= 0.6 is 0 Å². The van der Waals surface area contributed by atoms with Crippen LogP contribution < -0.4 is 0 Å². The minimum Gasteiger partial charge on any atom is -0.0656 e. The predicted octanol–water partition coefficient (Wildman–Crippen LogP) is 11.8. The zero-order valence-electron chi connectivity index (χ0n) is 25.1. The van der Waals surface area contributed by atoms with E-state index in [1.54, 1.807) is 0 Å². The predicted molar refractivity (Wildman–Crippen MR) is 151 cm³/mol. The molecule has 4 fully saturated rings. The second-order valence-electron chi connectivity index (χ2n) is 11.9. The second-order valence-corrected chi connectivity index (χ2v) is 11.9. The molecule has 0 aromatic heterocycles. The molecule has 0 heteroatoms. The molecular formula is C32H68. The first-order valence-electron chi connectivity index (χ1n) is 15.2. The van der Waals surface area contributed by atoms with E-state index in [4.69, 9.17) is 0 Å². The van der Waals surface area contributed by atoms with Crippen LogP contribution in [0.25, 0.3) is 0 Å². The van der Waals surface area contributed by atoms with Crippen molar-refractivity contribution in [3.05, 3.63) is 0 Å². The van der Waals surface area contributed by atoms with Crippen LogP contribution in [-0.2, 0) is 0 Å². The van der Waals surface area contributed by atoms with Gasteiger partial charge in [-0.3, -0.25) is 0 Å². The van der Waals surface area contributed by atoms with Gasteiger partial charge in [-0.15, -0.1) is 0 Å². The maximum absolute atomic E-state index is 2.47. The van der Waals surface area contributed by atoms with Gasteiger partial charge < -0.3 is 0 Å². The molecule has 0 saturated heterocycles. The van der Waals surface area contributed by atoms with Gasteiger partial charge in [-0.25, -0.2) is 0 Å². The summed E-state index contributed by atoms with van der Waals surface area (Å²) < 4.78 is 0. The van der Waals surface area contributed by atoms with Crippen molar-refractivity contribution in [3.63, 3.8) is 0 Å². The van der Waals surface area contributed by atoms with Crippen LogP contribution in [0, 0.1) is 47.3 Å². The van der Waals surface area contributed by atoms with Crippen LogP contribution in [0.15, 0.2) is 0 Å². The molecule has 0 aromatic rings. The first kappa shape index (κ1) is 34.2. The Morgan fingerprint density at radius 2 is 0.531 bits per heavy atom.